The molecule has 0 radical (unpaired) electrons. The second kappa shape index (κ2) is 5.51. The number of aromatic nitrogens is 1. The van der Waals surface area contributed by atoms with Gasteiger partial charge in [0, 0.05) is 17.9 Å². The van der Waals surface area contributed by atoms with Gasteiger partial charge in [-0.15, -0.1) is 0 Å². The minimum absolute atomic E-state index is 0.0652. The fourth-order valence-electron chi connectivity index (χ4n) is 2.48. The molecule has 0 aliphatic carbocycles. The summed E-state index contributed by atoms with van der Waals surface area (Å²) >= 11 is 0. The normalized spacial score (nSPS) is 12.3. The molecule has 0 spiro atoms. The van der Waals surface area contributed by atoms with Crippen LogP contribution in [0.1, 0.15) is 46.6 Å². The van der Waals surface area contributed by atoms with Gasteiger partial charge < -0.3 is 5.32 Å². The molecule has 0 unspecified atom stereocenters. The quantitative estimate of drug-likeness (QED) is 0.890. The molecular formula is C15H24N2O. The fraction of sp³-hybridized carbons (Fsp3) is 0.600. The average Bonchev–Trinajstić information content (AvgIpc) is 2.13. The van der Waals surface area contributed by atoms with Gasteiger partial charge in [0.1, 0.15) is 0 Å². The van der Waals surface area contributed by atoms with Crippen molar-refractivity contribution in [2.24, 2.45) is 5.41 Å². The lowest BCUT2D eigenvalue weighted by Crippen LogP contribution is -2.46. The van der Waals surface area contributed by atoms with Gasteiger partial charge >= 0.3 is 0 Å². The molecule has 0 aliphatic rings. The maximum Gasteiger partial charge on any atom is 0.224 e. The molecule has 0 aromatic carbocycles. The van der Waals surface area contributed by atoms with Gasteiger partial charge in [0.15, 0.2) is 0 Å². The standard InChI is InChI=1S/C15H24N2O/c1-14(2,3)11-15(4,5)17-13(18)10-12-6-8-16-9-7-12/h6-9H,10-11H2,1-5H3,(H,17,18). The molecule has 3 nitrogen and oxygen atoms in total. The van der Waals surface area contributed by atoms with Crippen molar-refractivity contribution in [3.63, 3.8) is 0 Å². The van der Waals surface area contributed by atoms with E-state index in [1.54, 1.807) is 12.4 Å². The van der Waals surface area contributed by atoms with Crippen LogP contribution in [0.3, 0.4) is 0 Å². The highest BCUT2D eigenvalue weighted by molar-refractivity contribution is 5.79. The maximum atomic E-state index is 12.0. The Kier molecular flexibility index (Phi) is 4.49. The van der Waals surface area contributed by atoms with Crippen molar-refractivity contribution >= 4 is 5.91 Å². The summed E-state index contributed by atoms with van der Waals surface area (Å²) in [6.45, 7) is 10.7. The van der Waals surface area contributed by atoms with Crippen LogP contribution in [0.25, 0.3) is 0 Å². The van der Waals surface area contributed by atoms with Gasteiger partial charge in [-0.25, -0.2) is 0 Å². The minimum atomic E-state index is -0.178. The SMILES string of the molecule is CC(C)(C)CC(C)(C)NC(=O)Cc1ccncc1. The zero-order valence-electron chi connectivity index (χ0n) is 12.1. The first-order chi connectivity index (χ1) is 8.18. The zero-order valence-corrected chi connectivity index (χ0v) is 12.1. The van der Waals surface area contributed by atoms with E-state index in [1.807, 2.05) is 12.1 Å². The van der Waals surface area contributed by atoms with Gasteiger partial charge in [-0.2, -0.15) is 0 Å². The van der Waals surface area contributed by atoms with Crippen LogP contribution in [-0.4, -0.2) is 16.4 Å². The van der Waals surface area contributed by atoms with E-state index in [0.29, 0.717) is 6.42 Å². The third-order valence-electron chi connectivity index (χ3n) is 2.56. The van der Waals surface area contributed by atoms with Crippen molar-refractivity contribution in [1.29, 1.82) is 0 Å². The average molecular weight is 248 g/mol. The zero-order chi connectivity index (χ0) is 13.8. The van der Waals surface area contributed by atoms with Crippen molar-refractivity contribution in [2.75, 3.05) is 0 Å². The van der Waals surface area contributed by atoms with Crippen LogP contribution >= 0.6 is 0 Å². The number of hydrogen-bond acceptors (Lipinski definition) is 2. The Morgan fingerprint density at radius 1 is 1.17 bits per heavy atom. The number of hydrogen-bond donors (Lipinski definition) is 1. The Morgan fingerprint density at radius 3 is 2.22 bits per heavy atom. The number of carbonyl (C=O) groups is 1. The molecule has 0 aliphatic heterocycles. The highest BCUT2D eigenvalue weighted by atomic mass is 16.1. The van der Waals surface area contributed by atoms with Crippen LogP contribution in [-0.2, 0) is 11.2 Å². The summed E-state index contributed by atoms with van der Waals surface area (Å²) in [5.74, 6) is 0.0652. The number of carbonyl (C=O) groups excluding carboxylic acids is 1. The molecule has 1 heterocycles. The number of nitrogens with one attached hydrogen (secondary N) is 1. The summed E-state index contributed by atoms with van der Waals surface area (Å²) in [5.41, 5.74) is 1.02. The van der Waals surface area contributed by atoms with Crippen LogP contribution in [0.15, 0.2) is 24.5 Å². The van der Waals surface area contributed by atoms with E-state index in [2.05, 4.69) is 44.9 Å². The van der Waals surface area contributed by atoms with Gasteiger partial charge in [-0.3, -0.25) is 9.78 Å². The van der Waals surface area contributed by atoms with Crippen LogP contribution in [0, 0.1) is 5.41 Å². The fourth-order valence-corrected chi connectivity index (χ4v) is 2.48. The summed E-state index contributed by atoms with van der Waals surface area (Å²) in [7, 11) is 0. The molecular weight excluding hydrogens is 224 g/mol. The maximum absolute atomic E-state index is 12.0. The van der Waals surface area contributed by atoms with E-state index in [1.165, 1.54) is 0 Å². The topological polar surface area (TPSA) is 42.0 Å². The first-order valence-corrected chi connectivity index (χ1v) is 6.38. The summed E-state index contributed by atoms with van der Waals surface area (Å²) in [5, 5.41) is 3.10. The third-order valence-corrected chi connectivity index (χ3v) is 2.56. The van der Waals surface area contributed by atoms with Gasteiger partial charge in [0.05, 0.1) is 6.42 Å². The molecule has 1 aromatic heterocycles. The van der Waals surface area contributed by atoms with Crippen LogP contribution in [0.2, 0.25) is 0 Å². The number of pyridine rings is 1. The Bertz CT molecular complexity index is 391. The predicted octanol–water partition coefficient (Wildman–Crippen LogP) is 2.96. The molecule has 0 fully saturated rings. The summed E-state index contributed by atoms with van der Waals surface area (Å²) in [6, 6.07) is 3.74. The largest absolute Gasteiger partial charge is 0.351 e. The molecule has 1 aromatic rings. The van der Waals surface area contributed by atoms with Crippen molar-refractivity contribution in [3.05, 3.63) is 30.1 Å². The Balaban J connectivity index is 2.54. The van der Waals surface area contributed by atoms with E-state index in [9.17, 15) is 4.79 Å². The molecule has 0 saturated carbocycles. The summed E-state index contributed by atoms with van der Waals surface area (Å²) in [4.78, 5) is 15.9. The Labute approximate surface area is 110 Å². The highest BCUT2D eigenvalue weighted by Gasteiger charge is 2.26. The van der Waals surface area contributed by atoms with Crippen LogP contribution in [0.4, 0.5) is 0 Å². The second-order valence-electron chi connectivity index (χ2n) is 6.70. The van der Waals surface area contributed by atoms with E-state index in [-0.39, 0.29) is 16.9 Å². The van der Waals surface area contributed by atoms with Crippen LogP contribution < -0.4 is 5.32 Å². The lowest BCUT2D eigenvalue weighted by atomic mass is 9.81. The number of nitrogens with zero attached hydrogens (tertiary/aromatic N) is 1. The predicted molar refractivity (Wildman–Crippen MR) is 74.2 cm³/mol. The molecule has 18 heavy (non-hydrogen) atoms. The highest BCUT2D eigenvalue weighted by Crippen LogP contribution is 2.26. The summed E-state index contributed by atoms with van der Waals surface area (Å²) < 4.78 is 0. The molecule has 0 bridgehead atoms. The molecule has 0 saturated heterocycles. The molecule has 3 heteroatoms. The monoisotopic (exact) mass is 248 g/mol. The molecule has 1 rings (SSSR count). The van der Waals surface area contributed by atoms with Crippen molar-refractivity contribution < 1.29 is 4.79 Å². The molecule has 0 atom stereocenters. The summed E-state index contributed by atoms with van der Waals surface area (Å²) in [6.07, 6.45) is 4.78. The lowest BCUT2D eigenvalue weighted by Gasteiger charge is -2.33. The van der Waals surface area contributed by atoms with Gasteiger partial charge in [-0.1, -0.05) is 20.8 Å². The van der Waals surface area contributed by atoms with Crippen molar-refractivity contribution in [2.45, 2.75) is 53.0 Å². The van der Waals surface area contributed by atoms with Gasteiger partial charge in [0.25, 0.3) is 0 Å². The smallest absolute Gasteiger partial charge is 0.224 e. The van der Waals surface area contributed by atoms with Crippen molar-refractivity contribution in [1.82, 2.24) is 10.3 Å². The van der Waals surface area contributed by atoms with E-state index in [4.69, 9.17) is 0 Å². The minimum Gasteiger partial charge on any atom is -0.351 e. The van der Waals surface area contributed by atoms with Gasteiger partial charge in [-0.05, 0) is 43.4 Å². The lowest BCUT2D eigenvalue weighted by molar-refractivity contribution is -0.122. The number of amides is 1. The second-order valence-corrected chi connectivity index (χ2v) is 6.70. The third kappa shape index (κ3) is 5.80. The number of rotatable bonds is 4. The van der Waals surface area contributed by atoms with E-state index in [0.717, 1.165) is 12.0 Å². The molecule has 100 valence electrons. The first kappa shape index (κ1) is 14.7. The Morgan fingerprint density at radius 2 is 1.72 bits per heavy atom. The molecule has 1 N–H and O–H groups in total. The van der Waals surface area contributed by atoms with E-state index < -0.39 is 0 Å². The van der Waals surface area contributed by atoms with E-state index >= 15 is 0 Å². The van der Waals surface area contributed by atoms with Crippen molar-refractivity contribution in [3.8, 4) is 0 Å². The first-order valence-electron chi connectivity index (χ1n) is 6.38. The Hall–Kier alpha value is -1.38. The van der Waals surface area contributed by atoms with Crippen LogP contribution in [0.5, 0.6) is 0 Å². The molecule has 1 amide bonds. The van der Waals surface area contributed by atoms with Gasteiger partial charge in [0.2, 0.25) is 5.91 Å².